The van der Waals surface area contributed by atoms with Crippen molar-refractivity contribution >= 4 is 11.5 Å². The molecule has 1 saturated carbocycles. The number of aromatic nitrogens is 2. The molecule has 2 aromatic rings. The van der Waals surface area contributed by atoms with Gasteiger partial charge in [0.15, 0.2) is 5.69 Å². The Morgan fingerprint density at radius 2 is 2.13 bits per heavy atom. The van der Waals surface area contributed by atoms with Crippen molar-refractivity contribution in [2.24, 2.45) is 0 Å². The van der Waals surface area contributed by atoms with Crippen LogP contribution < -0.4 is 4.74 Å². The second-order valence-corrected chi connectivity index (χ2v) is 7.82. The molecule has 1 aliphatic carbocycles. The second-order valence-electron chi connectivity index (χ2n) is 7.82. The minimum Gasteiger partial charge on any atom is -0.493 e. The summed E-state index contributed by atoms with van der Waals surface area (Å²) in [6.45, 7) is 6.00. The monoisotopic (exact) mass is 408 g/mol. The van der Waals surface area contributed by atoms with E-state index in [1.54, 1.807) is 6.20 Å². The van der Waals surface area contributed by atoms with Crippen LogP contribution in [0.1, 0.15) is 72.0 Å². The molecular weight excluding hydrogens is 380 g/mol. The molecule has 2 aliphatic rings. The van der Waals surface area contributed by atoms with Crippen LogP contribution in [0.2, 0.25) is 0 Å². The van der Waals surface area contributed by atoms with Crippen LogP contribution in [0.25, 0.3) is 5.57 Å². The van der Waals surface area contributed by atoms with Crippen molar-refractivity contribution in [1.29, 1.82) is 0 Å². The van der Waals surface area contributed by atoms with Crippen LogP contribution in [0.4, 0.5) is 0 Å². The summed E-state index contributed by atoms with van der Waals surface area (Å²) < 4.78 is 16.7. The highest BCUT2D eigenvalue weighted by molar-refractivity contribution is 5.88. The van der Waals surface area contributed by atoms with Crippen LogP contribution in [0, 0.1) is 0 Å². The van der Waals surface area contributed by atoms with Gasteiger partial charge in [0.2, 0.25) is 0 Å². The summed E-state index contributed by atoms with van der Waals surface area (Å²) in [5, 5.41) is 0. The van der Waals surface area contributed by atoms with Gasteiger partial charge in [-0.05, 0) is 44.3 Å². The number of hydrogen-bond donors (Lipinski definition) is 0. The lowest BCUT2D eigenvalue weighted by atomic mass is 9.93. The number of esters is 1. The molecule has 0 unspecified atom stereocenters. The van der Waals surface area contributed by atoms with E-state index in [2.05, 4.69) is 23.0 Å². The van der Waals surface area contributed by atoms with Gasteiger partial charge in [0.1, 0.15) is 5.75 Å². The Labute approximate surface area is 177 Å². The lowest BCUT2D eigenvalue weighted by molar-refractivity contribution is 0.0591. The molecule has 1 aromatic heterocycles. The maximum atomic E-state index is 12.4. The second kappa shape index (κ2) is 8.96. The van der Waals surface area contributed by atoms with Crippen molar-refractivity contribution in [2.45, 2.75) is 45.4 Å². The van der Waals surface area contributed by atoms with Gasteiger partial charge in [0.25, 0.3) is 0 Å². The SMILES string of the molecule is CCOc1c(Cc2ncc(C3CC3)nc2C(=O)OC)cccc1C1=C(C)COCC1. The Morgan fingerprint density at radius 1 is 1.30 bits per heavy atom. The maximum Gasteiger partial charge on any atom is 0.358 e. The lowest BCUT2D eigenvalue weighted by Crippen LogP contribution is -2.14. The summed E-state index contributed by atoms with van der Waals surface area (Å²) in [6.07, 6.45) is 5.31. The molecule has 0 bridgehead atoms. The number of hydrogen-bond acceptors (Lipinski definition) is 6. The van der Waals surface area contributed by atoms with Gasteiger partial charge in [0, 0.05) is 29.7 Å². The topological polar surface area (TPSA) is 70.5 Å². The third kappa shape index (κ3) is 4.24. The van der Waals surface area contributed by atoms with Crippen molar-refractivity contribution in [3.05, 3.63) is 58.2 Å². The van der Waals surface area contributed by atoms with Gasteiger partial charge in [-0.1, -0.05) is 18.2 Å². The third-order valence-corrected chi connectivity index (χ3v) is 5.64. The first-order valence-corrected chi connectivity index (χ1v) is 10.6. The quantitative estimate of drug-likeness (QED) is 0.636. The number of carbonyl (C=O) groups is 1. The molecule has 158 valence electrons. The smallest absolute Gasteiger partial charge is 0.358 e. The van der Waals surface area contributed by atoms with E-state index in [4.69, 9.17) is 14.2 Å². The number of rotatable bonds is 7. The molecule has 2 heterocycles. The number of ether oxygens (including phenoxy) is 3. The molecule has 1 fully saturated rings. The Bertz CT molecular complexity index is 979. The summed E-state index contributed by atoms with van der Waals surface area (Å²) in [5.41, 5.74) is 6.37. The van der Waals surface area contributed by atoms with Crippen LogP contribution in [0.15, 0.2) is 30.0 Å². The van der Waals surface area contributed by atoms with Gasteiger partial charge in [-0.2, -0.15) is 0 Å². The number of para-hydroxylation sites is 1. The van der Waals surface area contributed by atoms with Crippen molar-refractivity contribution in [1.82, 2.24) is 9.97 Å². The molecule has 6 heteroatoms. The fraction of sp³-hybridized carbons (Fsp3) is 0.458. The average molecular weight is 408 g/mol. The number of methoxy groups -OCH3 is 1. The molecule has 1 aliphatic heterocycles. The fourth-order valence-electron chi connectivity index (χ4n) is 3.91. The Kier molecular flexibility index (Phi) is 6.13. The van der Waals surface area contributed by atoms with Crippen LogP contribution >= 0.6 is 0 Å². The molecule has 30 heavy (non-hydrogen) atoms. The van der Waals surface area contributed by atoms with E-state index in [1.165, 1.54) is 18.3 Å². The van der Waals surface area contributed by atoms with Gasteiger partial charge in [0.05, 0.1) is 38.3 Å². The molecule has 0 radical (unpaired) electrons. The summed E-state index contributed by atoms with van der Waals surface area (Å²) >= 11 is 0. The van der Waals surface area contributed by atoms with Gasteiger partial charge < -0.3 is 14.2 Å². The summed E-state index contributed by atoms with van der Waals surface area (Å²) in [5.74, 6) is 0.818. The molecule has 1 aromatic carbocycles. The highest BCUT2D eigenvalue weighted by Gasteiger charge is 2.28. The first kappa shape index (κ1) is 20.5. The van der Waals surface area contributed by atoms with Crippen molar-refractivity contribution in [3.63, 3.8) is 0 Å². The predicted molar refractivity (Wildman–Crippen MR) is 114 cm³/mol. The van der Waals surface area contributed by atoms with Crippen LogP contribution in [0.5, 0.6) is 5.75 Å². The van der Waals surface area contributed by atoms with Gasteiger partial charge >= 0.3 is 5.97 Å². The van der Waals surface area contributed by atoms with E-state index in [0.29, 0.717) is 43.5 Å². The molecule has 0 spiro atoms. The predicted octanol–water partition coefficient (Wildman–Crippen LogP) is 4.32. The van der Waals surface area contributed by atoms with Crippen molar-refractivity contribution < 1.29 is 19.0 Å². The molecule has 0 saturated heterocycles. The third-order valence-electron chi connectivity index (χ3n) is 5.64. The van der Waals surface area contributed by atoms with E-state index >= 15 is 0 Å². The minimum absolute atomic E-state index is 0.302. The van der Waals surface area contributed by atoms with Gasteiger partial charge in [-0.25, -0.2) is 9.78 Å². The van der Waals surface area contributed by atoms with Crippen LogP contribution in [0.3, 0.4) is 0 Å². The van der Waals surface area contributed by atoms with E-state index in [0.717, 1.165) is 41.8 Å². The molecule has 0 amide bonds. The molecule has 6 nitrogen and oxygen atoms in total. The van der Waals surface area contributed by atoms with E-state index < -0.39 is 5.97 Å². The maximum absolute atomic E-state index is 12.4. The average Bonchev–Trinajstić information content (AvgIpc) is 3.61. The zero-order valence-electron chi connectivity index (χ0n) is 17.9. The van der Waals surface area contributed by atoms with Gasteiger partial charge in [-0.15, -0.1) is 0 Å². The highest BCUT2D eigenvalue weighted by atomic mass is 16.5. The number of nitrogens with zero attached hydrogens (tertiary/aromatic N) is 2. The van der Waals surface area contributed by atoms with Crippen molar-refractivity contribution in [3.8, 4) is 5.75 Å². The Hall–Kier alpha value is -2.73. The van der Waals surface area contributed by atoms with E-state index in [9.17, 15) is 4.79 Å². The molecule has 4 rings (SSSR count). The fourth-order valence-corrected chi connectivity index (χ4v) is 3.91. The summed E-state index contributed by atoms with van der Waals surface area (Å²) in [4.78, 5) is 21.6. The Balaban J connectivity index is 1.74. The van der Waals surface area contributed by atoms with Crippen molar-refractivity contribution in [2.75, 3.05) is 26.9 Å². The zero-order chi connectivity index (χ0) is 21.1. The first-order valence-electron chi connectivity index (χ1n) is 10.6. The number of benzene rings is 1. The van der Waals surface area contributed by atoms with Crippen LogP contribution in [-0.4, -0.2) is 42.9 Å². The van der Waals surface area contributed by atoms with Gasteiger partial charge in [-0.3, -0.25) is 4.98 Å². The zero-order valence-corrected chi connectivity index (χ0v) is 17.9. The minimum atomic E-state index is -0.447. The first-order chi connectivity index (χ1) is 14.6. The highest BCUT2D eigenvalue weighted by Crippen LogP contribution is 2.39. The lowest BCUT2D eigenvalue weighted by Gasteiger charge is -2.22. The van der Waals surface area contributed by atoms with E-state index in [1.807, 2.05) is 19.1 Å². The summed E-state index contributed by atoms with van der Waals surface area (Å²) in [7, 11) is 1.38. The normalized spacial score (nSPS) is 16.5. The van der Waals surface area contributed by atoms with E-state index in [-0.39, 0.29) is 0 Å². The largest absolute Gasteiger partial charge is 0.493 e. The molecule has 0 atom stereocenters. The Morgan fingerprint density at radius 3 is 2.83 bits per heavy atom. The van der Waals surface area contributed by atoms with Crippen LogP contribution in [-0.2, 0) is 15.9 Å². The summed E-state index contributed by atoms with van der Waals surface area (Å²) in [6, 6.07) is 6.16. The molecular formula is C24H28N2O4. The molecule has 0 N–H and O–H groups in total. The number of carbonyl (C=O) groups excluding carboxylic acids is 1. The standard InChI is InChI=1S/C24H28N2O4/c1-4-30-23-17(6-5-7-19(23)18-10-11-29-14-15(18)2)12-20-22(24(27)28-3)26-21(13-25-20)16-8-9-16/h5-7,13,16H,4,8-12,14H2,1-3H3.